The largest absolute Gasteiger partial charge is 0.354 e. The van der Waals surface area contributed by atoms with Gasteiger partial charge < -0.3 is 5.32 Å². The number of hydrogen-bond donors (Lipinski definition) is 1. The number of carbonyl (C=O) groups excluding carboxylic acids is 1. The van der Waals surface area contributed by atoms with E-state index >= 15 is 0 Å². The molecule has 0 saturated heterocycles. The second-order valence-corrected chi connectivity index (χ2v) is 9.56. The van der Waals surface area contributed by atoms with Crippen molar-refractivity contribution in [2.75, 3.05) is 6.54 Å². The first kappa shape index (κ1) is 13.0. The lowest BCUT2D eigenvalue weighted by atomic mass is 9.49. The summed E-state index contributed by atoms with van der Waals surface area (Å²) in [5, 5.41) is 3.19. The van der Waals surface area contributed by atoms with Crippen LogP contribution >= 0.6 is 15.9 Å². The minimum absolute atomic E-state index is 0.137. The summed E-state index contributed by atoms with van der Waals surface area (Å²) in [5.41, 5.74) is 0.447. The molecule has 0 heterocycles. The van der Waals surface area contributed by atoms with Crippen molar-refractivity contribution in [3.63, 3.8) is 0 Å². The van der Waals surface area contributed by atoms with Gasteiger partial charge in [0.15, 0.2) is 0 Å². The fourth-order valence-electron chi connectivity index (χ4n) is 4.98. The summed E-state index contributed by atoms with van der Waals surface area (Å²) in [4.78, 5) is 12.0. The van der Waals surface area contributed by atoms with Crippen LogP contribution in [0.25, 0.3) is 0 Å². The Morgan fingerprint density at radius 2 is 1.61 bits per heavy atom. The number of rotatable bonds is 3. The third kappa shape index (κ3) is 2.35. The zero-order valence-electron chi connectivity index (χ0n) is 11.5. The van der Waals surface area contributed by atoms with Crippen LogP contribution in [0.4, 0.5) is 0 Å². The smallest absolute Gasteiger partial charge is 0.236 e. The molecule has 0 spiro atoms. The normalized spacial score (nSPS) is 42.1. The quantitative estimate of drug-likeness (QED) is 0.794. The Hall–Kier alpha value is -0.0500. The monoisotopic (exact) mass is 313 g/mol. The van der Waals surface area contributed by atoms with E-state index in [1.165, 1.54) is 38.5 Å². The molecule has 4 aliphatic carbocycles. The van der Waals surface area contributed by atoms with E-state index in [0.717, 1.165) is 24.3 Å². The molecule has 0 unspecified atom stereocenters. The van der Waals surface area contributed by atoms with E-state index in [1.807, 2.05) is 13.8 Å². The van der Waals surface area contributed by atoms with E-state index in [2.05, 4.69) is 21.2 Å². The number of hydrogen-bond acceptors (Lipinski definition) is 1. The Labute approximate surface area is 118 Å². The van der Waals surface area contributed by atoms with Crippen LogP contribution in [0.1, 0.15) is 52.4 Å². The van der Waals surface area contributed by atoms with Crippen LogP contribution < -0.4 is 5.32 Å². The molecule has 102 valence electrons. The highest BCUT2D eigenvalue weighted by molar-refractivity contribution is 9.10. The number of halogens is 1. The SMILES string of the molecule is CC(C)(Br)C(=O)NCC12CC3CC(CC(C3)C1)C2. The zero-order chi connectivity index (χ0) is 13.0. The summed E-state index contributed by atoms with van der Waals surface area (Å²) in [7, 11) is 0. The van der Waals surface area contributed by atoms with Gasteiger partial charge in [-0.1, -0.05) is 15.9 Å². The Morgan fingerprint density at radius 1 is 1.17 bits per heavy atom. The first-order valence-corrected chi connectivity index (χ1v) is 8.13. The summed E-state index contributed by atoms with van der Waals surface area (Å²) in [6, 6.07) is 0. The highest BCUT2D eigenvalue weighted by Crippen LogP contribution is 2.59. The van der Waals surface area contributed by atoms with Crippen molar-refractivity contribution in [2.45, 2.75) is 56.7 Å². The van der Waals surface area contributed by atoms with E-state index in [4.69, 9.17) is 0 Å². The first-order valence-electron chi connectivity index (χ1n) is 7.34. The number of carbonyl (C=O) groups is 1. The molecule has 0 atom stereocenters. The number of amides is 1. The molecule has 4 rings (SSSR count). The highest BCUT2D eigenvalue weighted by atomic mass is 79.9. The van der Waals surface area contributed by atoms with E-state index in [-0.39, 0.29) is 5.91 Å². The average molecular weight is 314 g/mol. The van der Waals surface area contributed by atoms with Crippen LogP contribution in [0.3, 0.4) is 0 Å². The van der Waals surface area contributed by atoms with Crippen molar-refractivity contribution in [2.24, 2.45) is 23.2 Å². The van der Waals surface area contributed by atoms with Crippen molar-refractivity contribution >= 4 is 21.8 Å². The van der Waals surface area contributed by atoms with E-state index in [1.54, 1.807) is 0 Å². The predicted molar refractivity (Wildman–Crippen MR) is 76.6 cm³/mol. The topological polar surface area (TPSA) is 29.1 Å². The molecular weight excluding hydrogens is 290 g/mol. The molecule has 4 bridgehead atoms. The van der Waals surface area contributed by atoms with Gasteiger partial charge in [0, 0.05) is 6.54 Å². The Morgan fingerprint density at radius 3 is 2.00 bits per heavy atom. The molecule has 1 amide bonds. The molecule has 1 N–H and O–H groups in total. The minimum Gasteiger partial charge on any atom is -0.354 e. The predicted octanol–water partition coefficient (Wildman–Crippen LogP) is 3.49. The lowest BCUT2D eigenvalue weighted by Crippen LogP contribution is -2.52. The summed E-state index contributed by atoms with van der Waals surface area (Å²) in [6.07, 6.45) is 8.50. The second kappa shape index (κ2) is 4.22. The summed E-state index contributed by atoms with van der Waals surface area (Å²) >= 11 is 3.44. The van der Waals surface area contributed by atoms with Gasteiger partial charge in [-0.2, -0.15) is 0 Å². The lowest BCUT2D eigenvalue weighted by Gasteiger charge is -2.57. The molecular formula is C15H24BrNO. The summed E-state index contributed by atoms with van der Waals surface area (Å²) in [6.45, 7) is 4.74. The molecule has 4 fully saturated rings. The highest BCUT2D eigenvalue weighted by Gasteiger charge is 2.50. The van der Waals surface area contributed by atoms with Crippen LogP contribution in [0, 0.1) is 23.2 Å². The molecule has 0 aliphatic heterocycles. The van der Waals surface area contributed by atoms with Gasteiger partial charge in [0.2, 0.25) is 5.91 Å². The van der Waals surface area contributed by atoms with Gasteiger partial charge in [-0.15, -0.1) is 0 Å². The lowest BCUT2D eigenvalue weighted by molar-refractivity contribution is -0.124. The Bertz CT molecular complexity index is 323. The van der Waals surface area contributed by atoms with Crippen molar-refractivity contribution in [3.05, 3.63) is 0 Å². The summed E-state index contributed by atoms with van der Waals surface area (Å²) in [5.74, 6) is 3.03. The molecule has 18 heavy (non-hydrogen) atoms. The van der Waals surface area contributed by atoms with Crippen LogP contribution in [0.2, 0.25) is 0 Å². The molecule has 0 radical (unpaired) electrons. The number of alkyl halides is 1. The van der Waals surface area contributed by atoms with Gasteiger partial charge in [-0.05, 0) is 75.5 Å². The second-order valence-electron chi connectivity index (χ2n) is 7.57. The van der Waals surface area contributed by atoms with Crippen molar-refractivity contribution in [1.82, 2.24) is 5.32 Å². The number of nitrogens with one attached hydrogen (secondary N) is 1. The maximum atomic E-state index is 12.0. The van der Waals surface area contributed by atoms with Crippen LogP contribution in [-0.4, -0.2) is 16.8 Å². The van der Waals surface area contributed by atoms with Crippen LogP contribution in [-0.2, 0) is 4.79 Å². The fraction of sp³-hybridized carbons (Fsp3) is 0.933. The maximum Gasteiger partial charge on any atom is 0.236 e. The Kier molecular flexibility index (Phi) is 3.04. The minimum atomic E-state index is -0.435. The van der Waals surface area contributed by atoms with Gasteiger partial charge in [-0.25, -0.2) is 0 Å². The maximum absolute atomic E-state index is 12.0. The third-order valence-electron chi connectivity index (χ3n) is 5.33. The molecule has 0 aromatic rings. The van der Waals surface area contributed by atoms with E-state index < -0.39 is 4.32 Å². The molecule has 0 aromatic carbocycles. The molecule has 4 aliphatic rings. The third-order valence-corrected chi connectivity index (χ3v) is 5.69. The van der Waals surface area contributed by atoms with Crippen molar-refractivity contribution in [3.8, 4) is 0 Å². The molecule has 2 nitrogen and oxygen atoms in total. The summed E-state index contributed by atoms with van der Waals surface area (Å²) < 4.78 is -0.435. The van der Waals surface area contributed by atoms with Gasteiger partial charge in [-0.3, -0.25) is 4.79 Å². The van der Waals surface area contributed by atoms with E-state index in [9.17, 15) is 4.79 Å². The Balaban J connectivity index is 1.64. The van der Waals surface area contributed by atoms with Crippen LogP contribution in [0.15, 0.2) is 0 Å². The van der Waals surface area contributed by atoms with Gasteiger partial charge in [0.05, 0.1) is 4.32 Å². The zero-order valence-corrected chi connectivity index (χ0v) is 13.1. The van der Waals surface area contributed by atoms with Gasteiger partial charge in [0.25, 0.3) is 0 Å². The van der Waals surface area contributed by atoms with Crippen molar-refractivity contribution in [1.29, 1.82) is 0 Å². The van der Waals surface area contributed by atoms with Crippen LogP contribution in [0.5, 0.6) is 0 Å². The van der Waals surface area contributed by atoms with Crippen molar-refractivity contribution < 1.29 is 4.79 Å². The average Bonchev–Trinajstić information content (AvgIpc) is 2.22. The first-order chi connectivity index (χ1) is 8.36. The molecule has 4 saturated carbocycles. The van der Waals surface area contributed by atoms with Gasteiger partial charge in [0.1, 0.15) is 0 Å². The molecule has 3 heteroatoms. The van der Waals surface area contributed by atoms with Gasteiger partial charge >= 0.3 is 0 Å². The van der Waals surface area contributed by atoms with E-state index in [0.29, 0.717) is 5.41 Å². The molecule has 0 aromatic heterocycles. The standard InChI is InChI=1S/C15H24BrNO/c1-14(2,16)13(18)17-9-15-6-10-3-11(7-15)5-12(4-10)8-15/h10-12H,3-9H2,1-2H3,(H,17,18). The fourth-order valence-corrected chi connectivity index (χ4v) is 5.12.